The molecular formula is C20H35NOSSi. The van der Waals surface area contributed by atoms with E-state index in [0.717, 1.165) is 25.7 Å². The Kier molecular flexibility index (Phi) is 8.84. The molecule has 0 amide bonds. The van der Waals surface area contributed by atoms with Crippen LogP contribution in [0.3, 0.4) is 0 Å². The molecule has 2 atom stereocenters. The molecule has 24 heavy (non-hydrogen) atoms. The van der Waals surface area contributed by atoms with Crippen LogP contribution in [-0.4, -0.2) is 31.8 Å². The van der Waals surface area contributed by atoms with Crippen LogP contribution in [0.1, 0.15) is 59.8 Å². The lowest BCUT2D eigenvalue weighted by molar-refractivity contribution is 0.220. The Morgan fingerprint density at radius 1 is 1.38 bits per heavy atom. The molecule has 0 saturated carbocycles. The summed E-state index contributed by atoms with van der Waals surface area (Å²) in [5.74, 6) is 6.55. The van der Waals surface area contributed by atoms with Gasteiger partial charge in [-0.3, -0.25) is 4.99 Å². The molecule has 136 valence electrons. The summed E-state index contributed by atoms with van der Waals surface area (Å²) in [6.07, 6.45) is 11.7. The fraction of sp³-hybridized carbons (Fsp3) is 0.750. The van der Waals surface area contributed by atoms with E-state index in [4.69, 9.17) is 4.43 Å². The molecule has 0 radical (unpaired) electrons. The number of nitrogens with zero attached hydrogens (tertiary/aromatic N) is 1. The van der Waals surface area contributed by atoms with Gasteiger partial charge in [-0.1, -0.05) is 45.8 Å². The van der Waals surface area contributed by atoms with E-state index in [-0.39, 0.29) is 11.1 Å². The number of hydrogen-bond acceptors (Lipinski definition) is 3. The van der Waals surface area contributed by atoms with Gasteiger partial charge in [0.15, 0.2) is 8.32 Å². The van der Waals surface area contributed by atoms with E-state index in [1.54, 1.807) is 11.8 Å². The van der Waals surface area contributed by atoms with E-state index in [1.165, 1.54) is 11.5 Å². The topological polar surface area (TPSA) is 21.6 Å². The molecule has 0 fully saturated rings. The van der Waals surface area contributed by atoms with Crippen LogP contribution < -0.4 is 0 Å². The van der Waals surface area contributed by atoms with Crippen LogP contribution in [0.4, 0.5) is 0 Å². The minimum absolute atomic E-state index is 0.219. The molecule has 0 N–H and O–H groups in total. The van der Waals surface area contributed by atoms with E-state index in [1.807, 2.05) is 0 Å². The Morgan fingerprint density at radius 2 is 2.08 bits per heavy atom. The highest BCUT2D eigenvalue weighted by Gasteiger charge is 2.38. The zero-order valence-corrected chi connectivity index (χ0v) is 18.4. The molecule has 1 aliphatic heterocycles. The fourth-order valence-electron chi connectivity index (χ4n) is 2.28. The highest BCUT2D eigenvalue weighted by molar-refractivity contribution is 8.13. The van der Waals surface area contributed by atoms with Gasteiger partial charge in [-0.15, -0.1) is 17.7 Å². The Labute approximate surface area is 155 Å². The third-order valence-corrected chi connectivity index (χ3v) is 10.2. The molecule has 0 aromatic carbocycles. The minimum atomic E-state index is -1.70. The highest BCUT2D eigenvalue weighted by atomic mass is 32.2. The van der Waals surface area contributed by atoms with Crippen LogP contribution in [0.25, 0.3) is 0 Å². The van der Waals surface area contributed by atoms with E-state index in [9.17, 15) is 0 Å². The maximum atomic E-state index is 6.45. The molecule has 0 unspecified atom stereocenters. The van der Waals surface area contributed by atoms with E-state index in [0.29, 0.717) is 6.04 Å². The summed E-state index contributed by atoms with van der Waals surface area (Å²) in [6, 6.07) is 0.425. The van der Waals surface area contributed by atoms with Crippen molar-refractivity contribution in [3.8, 4) is 11.8 Å². The highest BCUT2D eigenvalue weighted by Crippen LogP contribution is 2.37. The largest absolute Gasteiger partial charge is 0.411 e. The zero-order valence-electron chi connectivity index (χ0n) is 16.6. The number of thioether (sulfide) groups is 1. The van der Waals surface area contributed by atoms with Crippen molar-refractivity contribution in [2.45, 2.75) is 90.1 Å². The molecule has 4 heteroatoms. The molecule has 0 bridgehead atoms. The molecule has 0 saturated heterocycles. The van der Waals surface area contributed by atoms with Crippen LogP contribution in [0, 0.1) is 11.8 Å². The Bertz CT molecular complexity index is 508. The first-order chi connectivity index (χ1) is 11.2. The zero-order chi connectivity index (χ0) is 18.2. The standard InChI is InChI=1S/C20H35NOSSi/c1-8-18(22-24(6,7)20(2,3)4)14-12-10-9-11-13-17-15-16-19(21-17)23-5/h12,14,17-18H,8,10,13,15-16H2,1-7H3/b14-12+/t17-,18+/m1/s1. The van der Waals surface area contributed by atoms with Gasteiger partial charge in [0, 0.05) is 12.8 Å². The lowest BCUT2D eigenvalue weighted by atomic mass is 10.1. The second-order valence-corrected chi connectivity index (χ2v) is 13.6. The maximum Gasteiger partial charge on any atom is 0.192 e. The average molecular weight is 366 g/mol. The van der Waals surface area contributed by atoms with Gasteiger partial charge >= 0.3 is 0 Å². The summed E-state index contributed by atoms with van der Waals surface area (Å²) in [7, 11) is -1.70. The van der Waals surface area contributed by atoms with Gasteiger partial charge in [0.1, 0.15) is 0 Å². The van der Waals surface area contributed by atoms with Gasteiger partial charge < -0.3 is 4.43 Å². The summed E-state index contributed by atoms with van der Waals surface area (Å²) in [5, 5.41) is 1.54. The molecule has 0 aromatic heterocycles. The smallest absolute Gasteiger partial charge is 0.192 e. The summed E-state index contributed by atoms with van der Waals surface area (Å²) in [5.41, 5.74) is 0. The molecule has 0 aromatic rings. The third kappa shape index (κ3) is 7.17. The van der Waals surface area contributed by atoms with Crippen molar-refractivity contribution in [2.75, 3.05) is 6.26 Å². The summed E-state index contributed by atoms with van der Waals surface area (Å²) >= 11 is 1.78. The van der Waals surface area contributed by atoms with E-state index in [2.05, 4.69) is 76.0 Å². The normalized spacial score (nSPS) is 20.0. The molecular weight excluding hydrogens is 330 g/mol. The van der Waals surface area contributed by atoms with Crippen molar-refractivity contribution in [2.24, 2.45) is 4.99 Å². The van der Waals surface area contributed by atoms with Crippen LogP contribution in [0.15, 0.2) is 17.1 Å². The Hall–Kier alpha value is -0.503. The van der Waals surface area contributed by atoms with Crippen molar-refractivity contribution >= 4 is 25.1 Å². The van der Waals surface area contributed by atoms with Crippen LogP contribution in [0.2, 0.25) is 18.1 Å². The first kappa shape index (κ1) is 21.5. The number of hydrogen-bond donors (Lipinski definition) is 0. The number of rotatable bonds is 6. The van der Waals surface area contributed by atoms with Crippen LogP contribution in [-0.2, 0) is 4.43 Å². The van der Waals surface area contributed by atoms with Crippen molar-refractivity contribution < 1.29 is 4.43 Å². The minimum Gasteiger partial charge on any atom is -0.411 e. The van der Waals surface area contributed by atoms with Crippen LogP contribution >= 0.6 is 11.8 Å². The summed E-state index contributed by atoms with van der Waals surface area (Å²) < 4.78 is 6.45. The SMILES string of the molecule is CC[C@@H](/C=C/CC#CC[C@@H]1CCC(SC)=N1)O[Si](C)(C)C(C)(C)C. The molecule has 1 aliphatic rings. The molecule has 1 rings (SSSR count). The lowest BCUT2D eigenvalue weighted by Gasteiger charge is -2.38. The maximum absolute atomic E-state index is 6.45. The second kappa shape index (κ2) is 9.84. The van der Waals surface area contributed by atoms with Crippen molar-refractivity contribution in [1.29, 1.82) is 0 Å². The lowest BCUT2D eigenvalue weighted by Crippen LogP contribution is -2.43. The first-order valence-corrected chi connectivity index (χ1v) is 13.2. The van der Waals surface area contributed by atoms with Crippen molar-refractivity contribution in [3.63, 3.8) is 0 Å². The van der Waals surface area contributed by atoms with Gasteiger partial charge in [0.2, 0.25) is 0 Å². The predicted octanol–water partition coefficient (Wildman–Crippen LogP) is 6.05. The van der Waals surface area contributed by atoms with Gasteiger partial charge in [0.05, 0.1) is 17.2 Å². The second-order valence-electron chi connectivity index (χ2n) is 7.93. The Morgan fingerprint density at radius 3 is 2.62 bits per heavy atom. The van der Waals surface area contributed by atoms with Crippen LogP contribution in [0.5, 0.6) is 0 Å². The number of allylic oxidation sites excluding steroid dienone is 1. The fourth-order valence-corrected chi connectivity index (χ4v) is 4.21. The van der Waals surface area contributed by atoms with Gasteiger partial charge in [-0.25, -0.2) is 0 Å². The Balaban J connectivity index is 2.40. The van der Waals surface area contributed by atoms with E-state index >= 15 is 0 Å². The summed E-state index contributed by atoms with van der Waals surface area (Å²) in [6.45, 7) is 13.7. The van der Waals surface area contributed by atoms with E-state index < -0.39 is 8.32 Å². The molecule has 2 nitrogen and oxygen atoms in total. The van der Waals surface area contributed by atoms with Crippen molar-refractivity contribution in [1.82, 2.24) is 0 Å². The molecule has 1 heterocycles. The van der Waals surface area contributed by atoms with Gasteiger partial charge in [-0.05, 0) is 43.7 Å². The average Bonchev–Trinajstić information content (AvgIpc) is 2.96. The van der Waals surface area contributed by atoms with Gasteiger partial charge in [-0.2, -0.15) is 0 Å². The summed E-state index contributed by atoms with van der Waals surface area (Å²) in [4.78, 5) is 4.67. The predicted molar refractivity (Wildman–Crippen MR) is 112 cm³/mol. The van der Waals surface area contributed by atoms with Crippen molar-refractivity contribution in [3.05, 3.63) is 12.2 Å². The quantitative estimate of drug-likeness (QED) is 0.324. The monoisotopic (exact) mass is 365 g/mol. The molecule has 0 spiro atoms. The third-order valence-electron chi connectivity index (χ3n) is 4.94. The first-order valence-electron chi connectivity index (χ1n) is 9.10. The molecule has 0 aliphatic carbocycles. The number of aliphatic imine (C=N–C) groups is 1. The van der Waals surface area contributed by atoms with Gasteiger partial charge in [0.25, 0.3) is 0 Å².